The lowest BCUT2D eigenvalue weighted by molar-refractivity contribution is -0.129. The summed E-state index contributed by atoms with van der Waals surface area (Å²) in [6.07, 6.45) is 0.0705. The summed E-state index contributed by atoms with van der Waals surface area (Å²) in [5, 5.41) is 0. The highest BCUT2D eigenvalue weighted by Crippen LogP contribution is 2.25. The van der Waals surface area contributed by atoms with E-state index in [4.69, 9.17) is 10.5 Å². The molecular weight excluding hydrogens is 214 g/mol. The lowest BCUT2D eigenvalue weighted by Gasteiger charge is -2.24. The molecule has 0 radical (unpaired) electrons. The molecule has 0 aromatic heterocycles. The van der Waals surface area contributed by atoms with Gasteiger partial charge in [0.25, 0.3) is 0 Å². The fourth-order valence-electron chi connectivity index (χ4n) is 1.48. The molecule has 2 N–H and O–H groups in total. The van der Waals surface area contributed by atoms with E-state index >= 15 is 0 Å². The van der Waals surface area contributed by atoms with Gasteiger partial charge in [0, 0.05) is 5.69 Å². The van der Waals surface area contributed by atoms with Crippen LogP contribution in [0, 0.1) is 0 Å². The predicted octanol–water partition coefficient (Wildman–Crippen LogP) is 2.54. The Morgan fingerprint density at radius 1 is 1.29 bits per heavy atom. The highest BCUT2D eigenvalue weighted by atomic mass is 16.5. The molecule has 0 aliphatic heterocycles. The Morgan fingerprint density at radius 3 is 2.29 bits per heavy atom. The second-order valence-corrected chi connectivity index (χ2v) is 5.03. The van der Waals surface area contributed by atoms with Gasteiger partial charge in [-0.3, -0.25) is 4.79 Å². The Labute approximate surface area is 103 Å². The van der Waals surface area contributed by atoms with Crippen molar-refractivity contribution in [3.8, 4) is 0 Å². The topological polar surface area (TPSA) is 52.3 Å². The first-order valence-corrected chi connectivity index (χ1v) is 5.85. The predicted molar refractivity (Wildman–Crippen MR) is 70.0 cm³/mol. The highest BCUT2D eigenvalue weighted by molar-refractivity contribution is 5.90. The molecule has 1 aromatic rings. The number of ether oxygens (including phenoxy) is 1. The number of Topliss-reactive ketones (excluding diaryl/α,β-unsaturated/α-hetero) is 1. The van der Waals surface area contributed by atoms with Gasteiger partial charge in [-0.1, -0.05) is 12.1 Å². The monoisotopic (exact) mass is 235 g/mol. The first kappa shape index (κ1) is 13.7. The van der Waals surface area contributed by atoms with Crippen LogP contribution in [0.1, 0.15) is 33.3 Å². The molecule has 0 aliphatic rings. The van der Waals surface area contributed by atoms with Gasteiger partial charge in [0.1, 0.15) is 6.61 Å². The maximum Gasteiger partial charge on any atom is 0.168 e. The number of carbonyl (C=O) groups excluding carboxylic acids is 1. The number of nitrogens with two attached hydrogens (primary N) is 1. The molecule has 3 nitrogen and oxygen atoms in total. The van der Waals surface area contributed by atoms with Gasteiger partial charge in [0.15, 0.2) is 5.78 Å². The SMILES string of the molecule is CC(C)OCC(=O)C(C)(C)c1ccc(N)cc1. The number of rotatable bonds is 5. The van der Waals surface area contributed by atoms with Gasteiger partial charge in [-0.2, -0.15) is 0 Å². The van der Waals surface area contributed by atoms with Crippen LogP contribution in [0.3, 0.4) is 0 Å². The molecule has 0 saturated carbocycles. The van der Waals surface area contributed by atoms with Crippen molar-refractivity contribution < 1.29 is 9.53 Å². The molecule has 0 amide bonds. The highest BCUT2D eigenvalue weighted by Gasteiger charge is 2.29. The van der Waals surface area contributed by atoms with Gasteiger partial charge in [-0.15, -0.1) is 0 Å². The van der Waals surface area contributed by atoms with Crippen molar-refractivity contribution in [2.75, 3.05) is 12.3 Å². The Balaban J connectivity index is 2.79. The van der Waals surface area contributed by atoms with E-state index in [-0.39, 0.29) is 18.5 Å². The van der Waals surface area contributed by atoms with Crippen molar-refractivity contribution in [1.82, 2.24) is 0 Å². The van der Waals surface area contributed by atoms with E-state index in [1.807, 2.05) is 52.0 Å². The smallest absolute Gasteiger partial charge is 0.168 e. The molecule has 0 spiro atoms. The van der Waals surface area contributed by atoms with Gasteiger partial charge in [0.05, 0.1) is 11.5 Å². The lowest BCUT2D eigenvalue weighted by Crippen LogP contribution is -2.33. The van der Waals surface area contributed by atoms with Crippen LogP contribution in [-0.2, 0) is 14.9 Å². The summed E-state index contributed by atoms with van der Waals surface area (Å²) in [5.74, 6) is 0.0796. The van der Waals surface area contributed by atoms with Gasteiger partial charge in [-0.25, -0.2) is 0 Å². The van der Waals surface area contributed by atoms with Gasteiger partial charge >= 0.3 is 0 Å². The number of hydrogen-bond acceptors (Lipinski definition) is 3. The van der Waals surface area contributed by atoms with Crippen LogP contribution in [0.25, 0.3) is 0 Å². The average molecular weight is 235 g/mol. The standard InChI is InChI=1S/C14H21NO2/c1-10(2)17-9-13(16)14(3,4)11-5-7-12(15)8-6-11/h5-8,10H,9,15H2,1-4H3. The van der Waals surface area contributed by atoms with Crippen LogP contribution >= 0.6 is 0 Å². The van der Waals surface area contributed by atoms with E-state index in [2.05, 4.69) is 0 Å². The molecule has 0 saturated heterocycles. The molecule has 94 valence electrons. The van der Waals surface area contributed by atoms with Gasteiger partial charge < -0.3 is 10.5 Å². The number of anilines is 1. The minimum Gasteiger partial charge on any atom is -0.399 e. The second kappa shape index (κ2) is 5.32. The van der Waals surface area contributed by atoms with Crippen LogP contribution < -0.4 is 5.73 Å². The Morgan fingerprint density at radius 2 is 1.82 bits per heavy atom. The van der Waals surface area contributed by atoms with E-state index < -0.39 is 5.41 Å². The van der Waals surface area contributed by atoms with E-state index in [0.29, 0.717) is 5.69 Å². The van der Waals surface area contributed by atoms with Gasteiger partial charge in [0.2, 0.25) is 0 Å². The Kier molecular flexibility index (Phi) is 4.29. The van der Waals surface area contributed by atoms with Crippen molar-refractivity contribution in [2.24, 2.45) is 0 Å². The number of hydrogen-bond donors (Lipinski definition) is 1. The molecule has 3 heteroatoms. The first-order valence-electron chi connectivity index (χ1n) is 5.85. The molecule has 1 rings (SSSR count). The van der Waals surface area contributed by atoms with Crippen LogP contribution in [0.15, 0.2) is 24.3 Å². The Bertz CT molecular complexity index is 380. The molecule has 1 aromatic carbocycles. The number of benzene rings is 1. The van der Waals surface area contributed by atoms with E-state index in [1.165, 1.54) is 0 Å². The molecule has 17 heavy (non-hydrogen) atoms. The van der Waals surface area contributed by atoms with Crippen molar-refractivity contribution >= 4 is 11.5 Å². The second-order valence-electron chi connectivity index (χ2n) is 5.03. The van der Waals surface area contributed by atoms with Crippen molar-refractivity contribution in [2.45, 2.75) is 39.2 Å². The molecule has 0 fully saturated rings. The quantitative estimate of drug-likeness (QED) is 0.798. The van der Waals surface area contributed by atoms with E-state index in [9.17, 15) is 4.79 Å². The van der Waals surface area contributed by atoms with Crippen molar-refractivity contribution in [1.29, 1.82) is 0 Å². The number of ketones is 1. The largest absolute Gasteiger partial charge is 0.399 e. The minimum absolute atomic E-state index is 0.0705. The van der Waals surface area contributed by atoms with Crippen LogP contribution in [-0.4, -0.2) is 18.5 Å². The molecule has 0 atom stereocenters. The summed E-state index contributed by atoms with van der Waals surface area (Å²) in [7, 11) is 0. The Hall–Kier alpha value is -1.35. The fraction of sp³-hybridized carbons (Fsp3) is 0.500. The zero-order chi connectivity index (χ0) is 13.1. The third-order valence-electron chi connectivity index (χ3n) is 2.88. The molecule has 0 unspecified atom stereocenters. The lowest BCUT2D eigenvalue weighted by atomic mass is 9.81. The maximum absolute atomic E-state index is 12.1. The summed E-state index contributed by atoms with van der Waals surface area (Å²) in [6.45, 7) is 7.80. The number of nitrogen functional groups attached to an aromatic ring is 1. The average Bonchev–Trinajstić information content (AvgIpc) is 2.26. The minimum atomic E-state index is -0.539. The summed E-state index contributed by atoms with van der Waals surface area (Å²) < 4.78 is 5.36. The van der Waals surface area contributed by atoms with Crippen molar-refractivity contribution in [3.63, 3.8) is 0 Å². The van der Waals surface area contributed by atoms with Crippen LogP contribution in [0.5, 0.6) is 0 Å². The normalized spacial score (nSPS) is 11.8. The molecular formula is C14H21NO2. The van der Waals surface area contributed by atoms with E-state index in [1.54, 1.807) is 0 Å². The molecule has 0 aliphatic carbocycles. The summed E-state index contributed by atoms with van der Waals surface area (Å²) >= 11 is 0. The third kappa shape index (κ3) is 3.56. The van der Waals surface area contributed by atoms with Gasteiger partial charge in [-0.05, 0) is 45.4 Å². The zero-order valence-corrected chi connectivity index (χ0v) is 11.0. The van der Waals surface area contributed by atoms with Crippen LogP contribution in [0.4, 0.5) is 5.69 Å². The summed E-state index contributed by atoms with van der Waals surface area (Å²) in [6, 6.07) is 7.41. The zero-order valence-electron chi connectivity index (χ0n) is 11.0. The van der Waals surface area contributed by atoms with E-state index in [0.717, 1.165) is 5.56 Å². The van der Waals surface area contributed by atoms with Crippen LogP contribution in [0.2, 0.25) is 0 Å². The fourth-order valence-corrected chi connectivity index (χ4v) is 1.48. The third-order valence-corrected chi connectivity index (χ3v) is 2.88. The molecule has 0 heterocycles. The van der Waals surface area contributed by atoms with Crippen molar-refractivity contribution in [3.05, 3.63) is 29.8 Å². The summed E-state index contributed by atoms with van der Waals surface area (Å²) in [4.78, 5) is 12.1. The summed E-state index contributed by atoms with van der Waals surface area (Å²) in [5.41, 5.74) is 6.76. The maximum atomic E-state index is 12.1. The first-order chi connectivity index (χ1) is 7.84. The molecule has 0 bridgehead atoms. The number of carbonyl (C=O) groups is 1.